The second-order valence-corrected chi connectivity index (χ2v) is 4.06. The number of ether oxygens (including phenoxy) is 1. The highest BCUT2D eigenvalue weighted by Crippen LogP contribution is 2.07. The van der Waals surface area contributed by atoms with Gasteiger partial charge in [0.1, 0.15) is 6.29 Å². The Hall–Kier alpha value is -0.900. The molecule has 1 N–H and O–H groups in total. The van der Waals surface area contributed by atoms with Crippen molar-refractivity contribution in [1.82, 2.24) is 5.32 Å². The van der Waals surface area contributed by atoms with E-state index in [2.05, 4.69) is 5.32 Å². The summed E-state index contributed by atoms with van der Waals surface area (Å²) in [6, 6.07) is 0. The molecule has 0 saturated carbocycles. The molecule has 15 heavy (non-hydrogen) atoms. The van der Waals surface area contributed by atoms with Crippen molar-refractivity contribution in [3.8, 4) is 0 Å². The Morgan fingerprint density at radius 2 is 2.07 bits per heavy atom. The first-order valence-electron chi connectivity index (χ1n) is 5.34. The van der Waals surface area contributed by atoms with E-state index in [0.29, 0.717) is 25.4 Å². The quantitative estimate of drug-likeness (QED) is 0.485. The number of esters is 1. The zero-order chi connectivity index (χ0) is 11.7. The molecule has 0 aromatic carbocycles. The number of carbonyl (C=O) groups is 2. The van der Waals surface area contributed by atoms with Crippen LogP contribution in [0.3, 0.4) is 0 Å². The highest BCUT2D eigenvalue weighted by atomic mass is 16.5. The van der Waals surface area contributed by atoms with E-state index in [1.165, 1.54) is 0 Å². The molecule has 4 heteroatoms. The molecule has 0 aromatic rings. The van der Waals surface area contributed by atoms with E-state index in [-0.39, 0.29) is 11.9 Å². The van der Waals surface area contributed by atoms with E-state index in [9.17, 15) is 9.59 Å². The Bertz CT molecular complexity index is 194. The van der Waals surface area contributed by atoms with Gasteiger partial charge in [0.25, 0.3) is 0 Å². The summed E-state index contributed by atoms with van der Waals surface area (Å²) in [5.74, 6) is 0.183. The molecule has 0 aliphatic heterocycles. The van der Waals surface area contributed by atoms with Crippen molar-refractivity contribution in [3.63, 3.8) is 0 Å². The minimum absolute atomic E-state index is 0.0783. The van der Waals surface area contributed by atoms with Crippen LogP contribution in [0.1, 0.15) is 26.7 Å². The Balaban J connectivity index is 3.60. The number of hydrogen-bond donors (Lipinski definition) is 1. The average molecular weight is 215 g/mol. The second-order valence-electron chi connectivity index (χ2n) is 4.06. The van der Waals surface area contributed by atoms with Crippen LogP contribution >= 0.6 is 0 Å². The Kier molecular flexibility index (Phi) is 7.91. The lowest BCUT2D eigenvalue weighted by molar-refractivity contribution is -0.145. The SMILES string of the molecule is CNCC(C)COC(=O)CC(C)CC=O. The maximum absolute atomic E-state index is 11.3. The summed E-state index contributed by atoms with van der Waals surface area (Å²) >= 11 is 0. The lowest BCUT2D eigenvalue weighted by Gasteiger charge is -2.12. The highest BCUT2D eigenvalue weighted by molar-refractivity contribution is 5.70. The average Bonchev–Trinajstić information content (AvgIpc) is 2.15. The summed E-state index contributed by atoms with van der Waals surface area (Å²) in [7, 11) is 1.87. The van der Waals surface area contributed by atoms with Gasteiger partial charge in [-0.3, -0.25) is 4.79 Å². The van der Waals surface area contributed by atoms with Gasteiger partial charge in [0.15, 0.2) is 0 Å². The van der Waals surface area contributed by atoms with Crippen LogP contribution in [0.4, 0.5) is 0 Å². The van der Waals surface area contributed by atoms with Gasteiger partial charge in [-0.25, -0.2) is 0 Å². The molecule has 2 atom stereocenters. The molecule has 0 aliphatic rings. The van der Waals surface area contributed by atoms with Crippen LogP contribution in [0, 0.1) is 11.8 Å². The topological polar surface area (TPSA) is 55.4 Å². The van der Waals surface area contributed by atoms with E-state index in [1.807, 2.05) is 20.9 Å². The Labute approximate surface area is 91.4 Å². The van der Waals surface area contributed by atoms with E-state index < -0.39 is 0 Å². The molecule has 0 saturated heterocycles. The van der Waals surface area contributed by atoms with E-state index in [0.717, 1.165) is 12.8 Å². The Morgan fingerprint density at radius 1 is 1.40 bits per heavy atom. The maximum atomic E-state index is 11.3. The molecule has 88 valence electrons. The molecular formula is C11H21NO3. The summed E-state index contributed by atoms with van der Waals surface area (Å²) < 4.78 is 5.08. The monoisotopic (exact) mass is 215 g/mol. The first kappa shape index (κ1) is 14.1. The molecule has 0 bridgehead atoms. The fraction of sp³-hybridized carbons (Fsp3) is 0.818. The normalized spacial score (nSPS) is 14.3. The van der Waals surface area contributed by atoms with E-state index in [4.69, 9.17) is 4.74 Å². The minimum atomic E-state index is -0.215. The second kappa shape index (κ2) is 8.41. The predicted molar refractivity (Wildman–Crippen MR) is 58.5 cm³/mol. The van der Waals surface area contributed by atoms with Gasteiger partial charge in [0.2, 0.25) is 0 Å². The van der Waals surface area contributed by atoms with Crippen LogP contribution in [0.2, 0.25) is 0 Å². The van der Waals surface area contributed by atoms with Crippen molar-refractivity contribution in [2.75, 3.05) is 20.2 Å². The zero-order valence-electron chi connectivity index (χ0n) is 9.79. The van der Waals surface area contributed by atoms with Gasteiger partial charge < -0.3 is 14.8 Å². The fourth-order valence-corrected chi connectivity index (χ4v) is 1.23. The van der Waals surface area contributed by atoms with Crippen LogP contribution in [0.5, 0.6) is 0 Å². The summed E-state index contributed by atoms with van der Waals surface area (Å²) in [5.41, 5.74) is 0. The van der Waals surface area contributed by atoms with Crippen LogP contribution < -0.4 is 5.32 Å². The lowest BCUT2D eigenvalue weighted by Crippen LogP contribution is -2.22. The number of hydrogen-bond acceptors (Lipinski definition) is 4. The standard InChI is InChI=1S/C11H21NO3/c1-9(4-5-13)6-11(14)15-8-10(2)7-12-3/h5,9-10,12H,4,6-8H2,1-3H3. The lowest BCUT2D eigenvalue weighted by atomic mass is 10.1. The number of carbonyl (C=O) groups excluding carboxylic acids is 2. The minimum Gasteiger partial charge on any atom is -0.465 e. The molecule has 2 unspecified atom stereocenters. The summed E-state index contributed by atoms with van der Waals surface area (Å²) in [6.45, 7) is 5.15. The molecule has 0 spiro atoms. The van der Waals surface area contributed by atoms with Crippen molar-refractivity contribution < 1.29 is 14.3 Å². The third kappa shape index (κ3) is 8.12. The fourth-order valence-electron chi connectivity index (χ4n) is 1.23. The molecule has 0 aliphatic carbocycles. The third-order valence-corrected chi connectivity index (χ3v) is 2.10. The van der Waals surface area contributed by atoms with Gasteiger partial charge in [0.05, 0.1) is 6.61 Å². The number of nitrogens with one attached hydrogen (secondary N) is 1. The summed E-state index contributed by atoms with van der Waals surface area (Å²) in [5, 5.41) is 3.01. The molecule has 0 heterocycles. The first-order chi connectivity index (χ1) is 7.10. The van der Waals surface area contributed by atoms with E-state index >= 15 is 0 Å². The van der Waals surface area contributed by atoms with Gasteiger partial charge in [-0.1, -0.05) is 13.8 Å². The summed E-state index contributed by atoms with van der Waals surface area (Å²) in [6.07, 6.45) is 1.58. The van der Waals surface area contributed by atoms with Crippen molar-refractivity contribution in [2.45, 2.75) is 26.7 Å². The molecule has 0 rings (SSSR count). The van der Waals surface area contributed by atoms with Crippen LogP contribution in [0.15, 0.2) is 0 Å². The van der Waals surface area contributed by atoms with Gasteiger partial charge in [-0.2, -0.15) is 0 Å². The molecule has 0 amide bonds. The smallest absolute Gasteiger partial charge is 0.306 e. The zero-order valence-corrected chi connectivity index (χ0v) is 9.79. The van der Waals surface area contributed by atoms with Gasteiger partial charge in [-0.05, 0) is 13.0 Å². The van der Waals surface area contributed by atoms with Crippen molar-refractivity contribution in [1.29, 1.82) is 0 Å². The summed E-state index contributed by atoms with van der Waals surface area (Å²) in [4.78, 5) is 21.5. The van der Waals surface area contributed by atoms with Crippen molar-refractivity contribution in [3.05, 3.63) is 0 Å². The van der Waals surface area contributed by atoms with Gasteiger partial charge in [0, 0.05) is 25.3 Å². The van der Waals surface area contributed by atoms with Crippen LogP contribution in [-0.2, 0) is 14.3 Å². The maximum Gasteiger partial charge on any atom is 0.306 e. The van der Waals surface area contributed by atoms with Gasteiger partial charge in [-0.15, -0.1) is 0 Å². The number of rotatable bonds is 8. The van der Waals surface area contributed by atoms with Crippen LogP contribution in [0.25, 0.3) is 0 Å². The molecule has 0 fully saturated rings. The largest absolute Gasteiger partial charge is 0.465 e. The molecule has 4 nitrogen and oxygen atoms in total. The van der Waals surface area contributed by atoms with Crippen molar-refractivity contribution in [2.24, 2.45) is 11.8 Å². The third-order valence-electron chi connectivity index (χ3n) is 2.10. The predicted octanol–water partition coefficient (Wildman–Crippen LogP) is 1.00. The molecule has 0 aromatic heterocycles. The molecular weight excluding hydrogens is 194 g/mol. The number of aldehydes is 1. The Morgan fingerprint density at radius 3 is 2.60 bits per heavy atom. The van der Waals surface area contributed by atoms with Crippen LogP contribution in [-0.4, -0.2) is 32.5 Å². The first-order valence-corrected chi connectivity index (χ1v) is 5.34. The van der Waals surface area contributed by atoms with Crippen molar-refractivity contribution >= 4 is 12.3 Å². The highest BCUT2D eigenvalue weighted by Gasteiger charge is 2.11. The van der Waals surface area contributed by atoms with E-state index in [1.54, 1.807) is 0 Å². The molecule has 0 radical (unpaired) electrons. The van der Waals surface area contributed by atoms with Gasteiger partial charge >= 0.3 is 5.97 Å².